The summed E-state index contributed by atoms with van der Waals surface area (Å²) in [7, 11) is 1.57. The van der Waals surface area contributed by atoms with Gasteiger partial charge in [-0.15, -0.1) is 0 Å². The first-order chi connectivity index (χ1) is 9.24. The van der Waals surface area contributed by atoms with E-state index in [9.17, 15) is 0 Å². The van der Waals surface area contributed by atoms with E-state index in [-0.39, 0.29) is 0 Å². The van der Waals surface area contributed by atoms with Crippen molar-refractivity contribution in [1.82, 2.24) is 4.98 Å². The van der Waals surface area contributed by atoms with Crippen molar-refractivity contribution in [1.29, 1.82) is 5.26 Å². The standard InChI is InChI=1S/C14H11IN2O2/c1-18-13-7-10(8-16)4-5-11(13)9-19-14-12(15)3-2-6-17-14/h2-7H,9H2,1H3. The molecule has 2 aromatic rings. The van der Waals surface area contributed by atoms with Gasteiger partial charge in [0.05, 0.1) is 22.3 Å². The molecule has 0 saturated heterocycles. The molecule has 19 heavy (non-hydrogen) atoms. The Labute approximate surface area is 125 Å². The van der Waals surface area contributed by atoms with Crippen LogP contribution in [-0.2, 0) is 6.61 Å². The molecule has 0 aliphatic heterocycles. The molecule has 2 rings (SSSR count). The third-order valence-corrected chi connectivity index (χ3v) is 3.33. The molecule has 0 spiro atoms. The van der Waals surface area contributed by atoms with Gasteiger partial charge in [0.1, 0.15) is 12.4 Å². The van der Waals surface area contributed by atoms with Crippen molar-refractivity contribution in [2.45, 2.75) is 6.61 Å². The number of hydrogen-bond donors (Lipinski definition) is 0. The number of aromatic nitrogens is 1. The Morgan fingerprint density at radius 2 is 2.21 bits per heavy atom. The first-order valence-electron chi connectivity index (χ1n) is 5.55. The third kappa shape index (κ3) is 3.35. The molecule has 1 aromatic heterocycles. The molecule has 0 unspecified atom stereocenters. The minimum absolute atomic E-state index is 0.349. The molecular formula is C14H11IN2O2. The Kier molecular flexibility index (Phi) is 4.58. The van der Waals surface area contributed by atoms with Gasteiger partial charge in [-0.3, -0.25) is 0 Å². The smallest absolute Gasteiger partial charge is 0.227 e. The van der Waals surface area contributed by atoms with Gasteiger partial charge in [-0.2, -0.15) is 5.26 Å². The number of methoxy groups -OCH3 is 1. The lowest BCUT2D eigenvalue weighted by Crippen LogP contribution is -2.01. The summed E-state index contributed by atoms with van der Waals surface area (Å²) in [6, 6.07) is 11.1. The summed E-state index contributed by atoms with van der Waals surface area (Å²) >= 11 is 2.17. The van der Waals surface area contributed by atoms with Gasteiger partial charge in [-0.1, -0.05) is 6.07 Å². The highest BCUT2D eigenvalue weighted by atomic mass is 127. The second-order valence-corrected chi connectivity index (χ2v) is 4.88. The summed E-state index contributed by atoms with van der Waals surface area (Å²) in [4.78, 5) is 4.16. The van der Waals surface area contributed by atoms with E-state index in [2.05, 4.69) is 33.6 Å². The summed E-state index contributed by atoms with van der Waals surface area (Å²) in [6.45, 7) is 0.349. The zero-order valence-electron chi connectivity index (χ0n) is 10.3. The number of benzene rings is 1. The number of halogens is 1. The van der Waals surface area contributed by atoms with E-state index >= 15 is 0 Å². The van der Waals surface area contributed by atoms with Gasteiger partial charge in [0.15, 0.2) is 0 Å². The molecule has 96 valence electrons. The fourth-order valence-electron chi connectivity index (χ4n) is 1.56. The van der Waals surface area contributed by atoms with Crippen LogP contribution in [0.25, 0.3) is 0 Å². The highest BCUT2D eigenvalue weighted by Gasteiger charge is 2.07. The van der Waals surface area contributed by atoms with Crippen LogP contribution in [0.5, 0.6) is 11.6 Å². The Morgan fingerprint density at radius 1 is 1.37 bits per heavy atom. The van der Waals surface area contributed by atoms with E-state index < -0.39 is 0 Å². The SMILES string of the molecule is COc1cc(C#N)ccc1COc1ncccc1I. The fraction of sp³-hybridized carbons (Fsp3) is 0.143. The van der Waals surface area contributed by atoms with Crippen molar-refractivity contribution < 1.29 is 9.47 Å². The number of hydrogen-bond acceptors (Lipinski definition) is 4. The average molecular weight is 366 g/mol. The van der Waals surface area contributed by atoms with E-state index in [1.54, 1.807) is 25.4 Å². The number of rotatable bonds is 4. The predicted octanol–water partition coefficient (Wildman–Crippen LogP) is 3.15. The van der Waals surface area contributed by atoms with Crippen molar-refractivity contribution in [3.63, 3.8) is 0 Å². The summed E-state index contributed by atoms with van der Waals surface area (Å²) < 4.78 is 11.9. The zero-order chi connectivity index (χ0) is 13.7. The third-order valence-electron chi connectivity index (χ3n) is 2.51. The lowest BCUT2D eigenvalue weighted by Gasteiger charge is -2.10. The lowest BCUT2D eigenvalue weighted by atomic mass is 10.1. The number of ether oxygens (including phenoxy) is 2. The minimum Gasteiger partial charge on any atom is -0.496 e. The quantitative estimate of drug-likeness (QED) is 0.781. The van der Waals surface area contributed by atoms with Gasteiger partial charge in [-0.25, -0.2) is 4.98 Å². The second-order valence-electron chi connectivity index (χ2n) is 3.72. The van der Waals surface area contributed by atoms with E-state index in [1.807, 2.05) is 18.2 Å². The topological polar surface area (TPSA) is 55.1 Å². The second kappa shape index (κ2) is 6.38. The largest absolute Gasteiger partial charge is 0.496 e. The monoisotopic (exact) mass is 366 g/mol. The van der Waals surface area contributed by atoms with E-state index in [4.69, 9.17) is 14.7 Å². The Hall–Kier alpha value is -1.81. The Bertz CT molecular complexity index is 623. The van der Waals surface area contributed by atoms with Crippen LogP contribution in [0.15, 0.2) is 36.5 Å². The number of nitriles is 1. The van der Waals surface area contributed by atoms with Gasteiger partial charge in [0, 0.05) is 11.8 Å². The molecule has 0 fully saturated rings. The molecule has 1 aromatic carbocycles. The normalized spacial score (nSPS) is 9.74. The molecule has 0 radical (unpaired) electrons. The molecule has 0 N–H and O–H groups in total. The van der Waals surface area contributed by atoms with Crippen LogP contribution in [0, 0.1) is 14.9 Å². The van der Waals surface area contributed by atoms with Crippen molar-refractivity contribution in [2.24, 2.45) is 0 Å². The molecule has 0 saturated carbocycles. The van der Waals surface area contributed by atoms with Crippen LogP contribution < -0.4 is 9.47 Å². The maximum absolute atomic E-state index is 8.84. The Balaban J connectivity index is 2.16. The first-order valence-corrected chi connectivity index (χ1v) is 6.63. The van der Waals surface area contributed by atoms with Crippen LogP contribution in [0.2, 0.25) is 0 Å². The highest BCUT2D eigenvalue weighted by Crippen LogP contribution is 2.23. The molecule has 1 heterocycles. The minimum atomic E-state index is 0.349. The Morgan fingerprint density at radius 3 is 2.89 bits per heavy atom. The average Bonchev–Trinajstić information content (AvgIpc) is 2.46. The molecule has 0 amide bonds. The van der Waals surface area contributed by atoms with Crippen molar-refractivity contribution in [2.75, 3.05) is 7.11 Å². The summed E-state index contributed by atoms with van der Waals surface area (Å²) in [5.41, 5.74) is 1.44. The molecule has 4 nitrogen and oxygen atoms in total. The molecule has 0 aliphatic rings. The molecule has 0 atom stereocenters. The number of pyridine rings is 1. The van der Waals surface area contributed by atoms with Gasteiger partial charge < -0.3 is 9.47 Å². The van der Waals surface area contributed by atoms with Crippen LogP contribution in [0.3, 0.4) is 0 Å². The maximum Gasteiger partial charge on any atom is 0.227 e. The predicted molar refractivity (Wildman–Crippen MR) is 79.0 cm³/mol. The number of nitrogens with zero attached hydrogens (tertiary/aromatic N) is 2. The van der Waals surface area contributed by atoms with Crippen LogP contribution in [0.4, 0.5) is 0 Å². The zero-order valence-corrected chi connectivity index (χ0v) is 12.4. The summed E-state index contributed by atoms with van der Waals surface area (Å²) in [5.74, 6) is 1.24. The van der Waals surface area contributed by atoms with Gasteiger partial charge in [-0.05, 0) is 46.9 Å². The first kappa shape index (κ1) is 13.6. The van der Waals surface area contributed by atoms with E-state index in [0.717, 1.165) is 9.13 Å². The molecule has 0 aliphatic carbocycles. The molecular weight excluding hydrogens is 355 g/mol. The molecule has 0 bridgehead atoms. The van der Waals surface area contributed by atoms with E-state index in [1.165, 1.54) is 0 Å². The summed E-state index contributed by atoms with van der Waals surface area (Å²) in [5, 5.41) is 8.84. The maximum atomic E-state index is 8.84. The van der Waals surface area contributed by atoms with Gasteiger partial charge in [0.25, 0.3) is 0 Å². The van der Waals surface area contributed by atoms with E-state index in [0.29, 0.717) is 23.8 Å². The fourth-order valence-corrected chi connectivity index (χ4v) is 2.06. The highest BCUT2D eigenvalue weighted by molar-refractivity contribution is 14.1. The van der Waals surface area contributed by atoms with Crippen molar-refractivity contribution in [3.05, 3.63) is 51.2 Å². The van der Waals surface area contributed by atoms with Gasteiger partial charge in [0.2, 0.25) is 5.88 Å². The van der Waals surface area contributed by atoms with Crippen LogP contribution in [0.1, 0.15) is 11.1 Å². The van der Waals surface area contributed by atoms with Crippen molar-refractivity contribution in [3.8, 4) is 17.7 Å². The summed E-state index contributed by atoms with van der Waals surface area (Å²) in [6.07, 6.45) is 1.69. The van der Waals surface area contributed by atoms with Crippen LogP contribution in [-0.4, -0.2) is 12.1 Å². The van der Waals surface area contributed by atoms with Crippen molar-refractivity contribution >= 4 is 22.6 Å². The van der Waals surface area contributed by atoms with Gasteiger partial charge >= 0.3 is 0 Å². The molecule has 5 heteroatoms. The van der Waals surface area contributed by atoms with Crippen LogP contribution >= 0.6 is 22.6 Å². The lowest BCUT2D eigenvalue weighted by molar-refractivity contribution is 0.283.